The monoisotopic (exact) mass is 395 g/mol. The Morgan fingerprint density at radius 2 is 2.20 bits per heavy atom. The number of carbonyl (C=O) groups is 2. The van der Waals surface area contributed by atoms with Crippen molar-refractivity contribution in [3.05, 3.63) is 40.4 Å². The first-order chi connectivity index (χ1) is 12.1. The Morgan fingerprint density at radius 1 is 1.40 bits per heavy atom. The van der Waals surface area contributed by atoms with Crippen LogP contribution < -0.4 is 0 Å². The molecule has 0 saturated heterocycles. The number of thioether (sulfide) groups is 1. The van der Waals surface area contributed by atoms with Crippen LogP contribution in [0.5, 0.6) is 0 Å². The molecule has 132 valence electrons. The van der Waals surface area contributed by atoms with Crippen LogP contribution in [-0.4, -0.2) is 39.6 Å². The standard InChI is InChI=1S/C17H18ClN3O2S2/c1-21(15(23)10-24-16-20-19-11-25-16)17(9-5-4-8-14(17)22)12-6-2-3-7-13(12)18/h2-3,6-7,11H,4-5,8-10H2,1H3/t17-/m0/s1. The van der Waals surface area contributed by atoms with Crippen LogP contribution >= 0.6 is 34.7 Å². The molecule has 0 bridgehead atoms. The van der Waals surface area contributed by atoms with E-state index in [1.165, 1.54) is 23.1 Å². The molecular weight excluding hydrogens is 378 g/mol. The number of nitrogens with zero attached hydrogens (tertiary/aromatic N) is 3. The van der Waals surface area contributed by atoms with Crippen molar-refractivity contribution >= 4 is 46.4 Å². The average Bonchev–Trinajstić information content (AvgIpc) is 3.14. The minimum Gasteiger partial charge on any atom is -0.328 e. The molecule has 0 N–H and O–H groups in total. The number of amides is 1. The molecule has 0 spiro atoms. The van der Waals surface area contributed by atoms with Gasteiger partial charge < -0.3 is 4.90 Å². The van der Waals surface area contributed by atoms with E-state index in [0.29, 0.717) is 17.9 Å². The topological polar surface area (TPSA) is 63.2 Å². The van der Waals surface area contributed by atoms with E-state index >= 15 is 0 Å². The fourth-order valence-corrected chi connectivity index (χ4v) is 4.98. The Hall–Kier alpha value is -1.44. The lowest BCUT2D eigenvalue weighted by Gasteiger charge is -2.44. The summed E-state index contributed by atoms with van der Waals surface area (Å²) < 4.78 is 0.739. The highest BCUT2D eigenvalue weighted by Crippen LogP contribution is 2.42. The van der Waals surface area contributed by atoms with Gasteiger partial charge in [-0.2, -0.15) is 0 Å². The highest BCUT2D eigenvalue weighted by Gasteiger charge is 2.47. The summed E-state index contributed by atoms with van der Waals surface area (Å²) in [5, 5.41) is 8.23. The third-order valence-corrected chi connectivity index (χ3v) is 6.75. The lowest BCUT2D eigenvalue weighted by molar-refractivity contribution is -0.146. The second kappa shape index (κ2) is 7.85. The molecule has 1 saturated carbocycles. The molecule has 1 aromatic carbocycles. The van der Waals surface area contributed by atoms with E-state index in [4.69, 9.17) is 11.6 Å². The van der Waals surface area contributed by atoms with Crippen LogP contribution in [0.4, 0.5) is 0 Å². The Balaban J connectivity index is 1.90. The summed E-state index contributed by atoms with van der Waals surface area (Å²) in [5.74, 6) is 0.157. The maximum Gasteiger partial charge on any atom is 0.233 e. The number of rotatable bonds is 5. The number of aromatic nitrogens is 2. The van der Waals surface area contributed by atoms with Crippen LogP contribution in [0.15, 0.2) is 34.1 Å². The summed E-state index contributed by atoms with van der Waals surface area (Å²) in [6.45, 7) is 0. The van der Waals surface area contributed by atoms with Crippen LogP contribution in [0.25, 0.3) is 0 Å². The van der Waals surface area contributed by atoms with Gasteiger partial charge >= 0.3 is 0 Å². The first-order valence-corrected chi connectivity index (χ1v) is 10.2. The molecule has 1 aliphatic carbocycles. The van der Waals surface area contributed by atoms with Crippen LogP contribution in [-0.2, 0) is 15.1 Å². The number of halogens is 1. The number of carbonyl (C=O) groups excluding carboxylic acids is 2. The normalized spacial score (nSPS) is 20.5. The van der Waals surface area contributed by atoms with Crippen LogP contribution in [0.2, 0.25) is 5.02 Å². The Morgan fingerprint density at radius 3 is 2.88 bits per heavy atom. The van der Waals surface area contributed by atoms with Crippen molar-refractivity contribution in [1.82, 2.24) is 15.1 Å². The first kappa shape index (κ1) is 18.4. The third-order valence-electron chi connectivity index (χ3n) is 4.58. The molecule has 1 atom stereocenters. The van der Waals surface area contributed by atoms with Gasteiger partial charge in [-0.25, -0.2) is 0 Å². The van der Waals surface area contributed by atoms with E-state index in [9.17, 15) is 9.59 Å². The van der Waals surface area contributed by atoms with Crippen molar-refractivity contribution in [2.75, 3.05) is 12.8 Å². The van der Waals surface area contributed by atoms with Gasteiger partial charge in [-0.1, -0.05) is 52.9 Å². The molecule has 1 aliphatic rings. The zero-order valence-corrected chi connectivity index (χ0v) is 16.2. The predicted molar refractivity (Wildman–Crippen MR) is 100 cm³/mol. The van der Waals surface area contributed by atoms with Gasteiger partial charge in [0.05, 0.1) is 5.75 Å². The van der Waals surface area contributed by atoms with Crippen LogP contribution in [0, 0.1) is 0 Å². The molecule has 0 unspecified atom stereocenters. The Bertz CT molecular complexity index is 769. The highest BCUT2D eigenvalue weighted by atomic mass is 35.5. The van der Waals surface area contributed by atoms with Crippen molar-refractivity contribution in [1.29, 1.82) is 0 Å². The molecule has 5 nitrogen and oxygen atoms in total. The zero-order valence-electron chi connectivity index (χ0n) is 13.8. The van der Waals surface area contributed by atoms with Crippen LogP contribution in [0.1, 0.15) is 31.2 Å². The number of ketones is 1. The molecule has 25 heavy (non-hydrogen) atoms. The van der Waals surface area contributed by atoms with Crippen molar-refractivity contribution < 1.29 is 9.59 Å². The molecule has 0 aliphatic heterocycles. The van der Waals surface area contributed by atoms with Gasteiger partial charge in [-0.05, 0) is 25.3 Å². The summed E-state index contributed by atoms with van der Waals surface area (Å²) in [4.78, 5) is 27.4. The number of benzene rings is 1. The van der Waals surface area contributed by atoms with Crippen molar-refractivity contribution in [2.45, 2.75) is 35.6 Å². The smallest absolute Gasteiger partial charge is 0.233 e. The molecule has 0 radical (unpaired) electrons. The van der Waals surface area contributed by atoms with E-state index in [-0.39, 0.29) is 17.4 Å². The summed E-state index contributed by atoms with van der Waals surface area (Å²) in [7, 11) is 1.70. The predicted octanol–water partition coefficient (Wildman–Crippen LogP) is 3.78. The molecule has 1 heterocycles. The Labute approximate surface area is 159 Å². The molecule has 8 heteroatoms. The van der Waals surface area contributed by atoms with Gasteiger partial charge in [0.15, 0.2) is 10.1 Å². The number of hydrogen-bond donors (Lipinski definition) is 0. The molecule has 1 aromatic heterocycles. The van der Waals surface area contributed by atoms with Gasteiger partial charge in [-0.3, -0.25) is 9.59 Å². The fraction of sp³-hybridized carbons (Fsp3) is 0.412. The summed E-state index contributed by atoms with van der Waals surface area (Å²) in [6, 6.07) is 7.32. The van der Waals surface area contributed by atoms with E-state index in [0.717, 1.165) is 22.7 Å². The molecule has 2 aromatic rings. The second-order valence-electron chi connectivity index (χ2n) is 5.92. The number of hydrogen-bond acceptors (Lipinski definition) is 6. The zero-order chi connectivity index (χ0) is 17.9. The van der Waals surface area contributed by atoms with Gasteiger partial charge in [0.2, 0.25) is 5.91 Å². The van der Waals surface area contributed by atoms with E-state index in [1.54, 1.807) is 23.5 Å². The van der Waals surface area contributed by atoms with Crippen LogP contribution in [0.3, 0.4) is 0 Å². The molecule has 3 rings (SSSR count). The molecular formula is C17H18ClN3O2S2. The third kappa shape index (κ3) is 3.59. The summed E-state index contributed by atoms with van der Waals surface area (Å²) in [6.07, 6.45) is 2.80. The quantitative estimate of drug-likeness (QED) is 0.721. The maximum absolute atomic E-state index is 13.0. The highest BCUT2D eigenvalue weighted by molar-refractivity contribution is 8.01. The van der Waals surface area contributed by atoms with Crippen molar-refractivity contribution in [3.8, 4) is 0 Å². The minimum atomic E-state index is -0.977. The summed E-state index contributed by atoms with van der Waals surface area (Å²) in [5.41, 5.74) is 1.38. The number of Topliss-reactive ketones (excluding diaryl/α,β-unsaturated/α-hetero) is 1. The second-order valence-corrected chi connectivity index (χ2v) is 8.38. The van der Waals surface area contributed by atoms with Gasteiger partial charge in [0.1, 0.15) is 11.0 Å². The Kier molecular flexibility index (Phi) is 5.76. The number of likely N-dealkylation sites (N-methyl/N-ethyl adjacent to an activating group) is 1. The molecule has 1 amide bonds. The fourth-order valence-electron chi connectivity index (χ4n) is 3.29. The maximum atomic E-state index is 13.0. The van der Waals surface area contributed by atoms with Crippen molar-refractivity contribution in [2.24, 2.45) is 0 Å². The van der Waals surface area contributed by atoms with Gasteiger partial charge in [0.25, 0.3) is 0 Å². The van der Waals surface area contributed by atoms with Gasteiger partial charge in [-0.15, -0.1) is 10.2 Å². The van der Waals surface area contributed by atoms with Crippen molar-refractivity contribution in [3.63, 3.8) is 0 Å². The largest absolute Gasteiger partial charge is 0.328 e. The summed E-state index contributed by atoms with van der Waals surface area (Å²) >= 11 is 9.14. The SMILES string of the molecule is CN(C(=O)CSc1nncs1)[C@]1(c2ccccc2Cl)CCCCC1=O. The first-order valence-electron chi connectivity index (χ1n) is 7.99. The lowest BCUT2D eigenvalue weighted by Crippen LogP contribution is -2.54. The lowest BCUT2D eigenvalue weighted by atomic mass is 9.74. The van der Waals surface area contributed by atoms with Gasteiger partial charge in [0, 0.05) is 24.1 Å². The minimum absolute atomic E-state index is 0.0589. The average molecular weight is 396 g/mol. The van der Waals surface area contributed by atoms with E-state index in [1.807, 2.05) is 18.2 Å². The van der Waals surface area contributed by atoms with E-state index < -0.39 is 5.54 Å². The molecule has 1 fully saturated rings. The van der Waals surface area contributed by atoms with E-state index in [2.05, 4.69) is 10.2 Å².